The molecule has 0 radical (unpaired) electrons. The normalized spacial score (nSPS) is 12.1. The fourth-order valence-corrected chi connectivity index (χ4v) is 5.03. The number of fused-ring (bicyclic) bond motifs is 1. The van der Waals surface area contributed by atoms with E-state index in [1.807, 2.05) is 54.6 Å². The van der Waals surface area contributed by atoms with Gasteiger partial charge in [-0.1, -0.05) is 18.2 Å². The third-order valence-corrected chi connectivity index (χ3v) is 6.74. The average Bonchev–Trinajstić information content (AvgIpc) is 3.51. The molecule has 0 saturated heterocycles. The van der Waals surface area contributed by atoms with Crippen LogP contribution < -0.4 is 24.3 Å². The average molecular weight is 504 g/mol. The Bertz CT molecular complexity index is 1360. The van der Waals surface area contributed by atoms with Gasteiger partial charge in [0.2, 0.25) is 5.75 Å². The van der Waals surface area contributed by atoms with Crippen molar-refractivity contribution in [1.82, 2.24) is 9.78 Å². The molecule has 1 aliphatic heterocycles. The molecule has 1 aliphatic rings. The minimum atomic E-state index is -0.306. The number of carbonyl (C=O) groups is 1. The number of amides is 1. The molecule has 1 amide bonds. The number of hydrogen-bond donors (Lipinski definition) is 1. The van der Waals surface area contributed by atoms with Crippen LogP contribution in [0.15, 0.2) is 66.7 Å². The van der Waals surface area contributed by atoms with Crippen molar-refractivity contribution in [2.45, 2.75) is 11.5 Å². The second-order valence-electron chi connectivity index (χ2n) is 7.96. The summed E-state index contributed by atoms with van der Waals surface area (Å²) in [7, 11) is 4.56. The number of nitrogens with zero attached hydrogens (tertiary/aromatic N) is 2. The van der Waals surface area contributed by atoms with Crippen LogP contribution in [-0.2, 0) is 11.5 Å². The summed E-state index contributed by atoms with van der Waals surface area (Å²) in [6.07, 6.45) is 0. The molecule has 0 atom stereocenters. The zero-order valence-electron chi connectivity index (χ0n) is 20.1. The number of benzene rings is 3. The molecule has 36 heavy (non-hydrogen) atoms. The lowest BCUT2D eigenvalue weighted by Gasteiger charge is -2.15. The van der Waals surface area contributed by atoms with E-state index >= 15 is 0 Å². The van der Waals surface area contributed by atoms with E-state index in [9.17, 15) is 4.79 Å². The van der Waals surface area contributed by atoms with E-state index in [4.69, 9.17) is 24.0 Å². The van der Waals surface area contributed by atoms with Crippen LogP contribution in [0, 0.1) is 0 Å². The summed E-state index contributed by atoms with van der Waals surface area (Å²) >= 11 is 1.77. The molecule has 0 bridgehead atoms. The van der Waals surface area contributed by atoms with Gasteiger partial charge in [-0.05, 0) is 48.5 Å². The molecule has 0 unspecified atom stereocenters. The van der Waals surface area contributed by atoms with Crippen LogP contribution >= 0.6 is 11.8 Å². The zero-order valence-corrected chi connectivity index (χ0v) is 20.9. The van der Waals surface area contributed by atoms with Crippen LogP contribution in [0.5, 0.6) is 28.7 Å². The highest BCUT2D eigenvalue weighted by atomic mass is 32.2. The summed E-state index contributed by atoms with van der Waals surface area (Å²) < 4.78 is 23.9. The van der Waals surface area contributed by atoms with Crippen molar-refractivity contribution in [3.63, 3.8) is 0 Å². The Kier molecular flexibility index (Phi) is 6.73. The Morgan fingerprint density at radius 1 is 0.889 bits per heavy atom. The van der Waals surface area contributed by atoms with E-state index in [0.29, 0.717) is 34.4 Å². The number of hydrogen-bond acceptors (Lipinski definition) is 7. The van der Waals surface area contributed by atoms with Crippen LogP contribution in [0.25, 0.3) is 5.69 Å². The van der Waals surface area contributed by atoms with Crippen molar-refractivity contribution < 1.29 is 23.7 Å². The molecule has 0 saturated carbocycles. The fraction of sp³-hybridized carbons (Fsp3) is 0.185. The van der Waals surface area contributed by atoms with Gasteiger partial charge in [0, 0.05) is 22.6 Å². The third kappa shape index (κ3) is 4.57. The van der Waals surface area contributed by atoms with E-state index in [2.05, 4.69) is 5.32 Å². The summed E-state index contributed by atoms with van der Waals surface area (Å²) in [5.41, 5.74) is 3.17. The summed E-state index contributed by atoms with van der Waals surface area (Å²) in [5, 5.41) is 7.85. The van der Waals surface area contributed by atoms with Gasteiger partial charge in [0.1, 0.15) is 17.3 Å². The first-order valence-corrected chi connectivity index (χ1v) is 12.4. The lowest BCUT2D eigenvalue weighted by molar-refractivity contribution is 0.102. The van der Waals surface area contributed by atoms with Crippen LogP contribution in [0.3, 0.4) is 0 Å². The molecule has 3 aromatic carbocycles. The molecular formula is C27H25N3O5S. The van der Waals surface area contributed by atoms with Crippen molar-refractivity contribution in [3.05, 3.63) is 83.6 Å². The SMILES string of the molecule is COc1cc(C(=O)Nc2c3c(nn2-c2ccc(Oc4ccccc4)cc2)CSC3)cc(OC)c1OC. The predicted molar refractivity (Wildman–Crippen MR) is 139 cm³/mol. The minimum Gasteiger partial charge on any atom is -0.493 e. The monoisotopic (exact) mass is 503 g/mol. The predicted octanol–water partition coefficient (Wildman–Crippen LogP) is 5.69. The number of aromatic nitrogens is 2. The quantitative estimate of drug-likeness (QED) is 0.331. The molecule has 0 spiro atoms. The molecule has 5 rings (SSSR count). The van der Waals surface area contributed by atoms with Gasteiger partial charge in [-0.3, -0.25) is 4.79 Å². The van der Waals surface area contributed by atoms with Crippen molar-refractivity contribution in [2.24, 2.45) is 0 Å². The van der Waals surface area contributed by atoms with Crippen LogP contribution in [0.4, 0.5) is 5.82 Å². The number of anilines is 1. The molecule has 1 aromatic heterocycles. The first kappa shape index (κ1) is 23.6. The van der Waals surface area contributed by atoms with Crippen LogP contribution in [-0.4, -0.2) is 37.0 Å². The van der Waals surface area contributed by atoms with Crippen LogP contribution in [0.2, 0.25) is 0 Å². The summed E-state index contributed by atoms with van der Waals surface area (Å²) in [5.74, 6) is 4.62. The van der Waals surface area contributed by atoms with Crippen molar-refractivity contribution in [2.75, 3.05) is 26.6 Å². The number of ether oxygens (including phenoxy) is 4. The Morgan fingerprint density at radius 3 is 2.19 bits per heavy atom. The maximum absolute atomic E-state index is 13.4. The van der Waals surface area contributed by atoms with Gasteiger partial charge in [-0.25, -0.2) is 4.68 Å². The van der Waals surface area contributed by atoms with Gasteiger partial charge < -0.3 is 24.3 Å². The number of para-hydroxylation sites is 1. The van der Waals surface area contributed by atoms with Crippen molar-refractivity contribution in [1.29, 1.82) is 0 Å². The van der Waals surface area contributed by atoms with Gasteiger partial charge >= 0.3 is 0 Å². The number of methoxy groups -OCH3 is 3. The zero-order chi connectivity index (χ0) is 25.1. The highest BCUT2D eigenvalue weighted by Crippen LogP contribution is 2.40. The topological polar surface area (TPSA) is 83.8 Å². The molecule has 8 nitrogen and oxygen atoms in total. The largest absolute Gasteiger partial charge is 0.493 e. The highest BCUT2D eigenvalue weighted by molar-refractivity contribution is 7.98. The number of thioether (sulfide) groups is 1. The first-order chi connectivity index (χ1) is 17.6. The van der Waals surface area contributed by atoms with Gasteiger partial charge in [0.25, 0.3) is 5.91 Å². The molecule has 4 aromatic rings. The van der Waals surface area contributed by atoms with Gasteiger partial charge in [-0.15, -0.1) is 0 Å². The Morgan fingerprint density at radius 2 is 1.56 bits per heavy atom. The maximum atomic E-state index is 13.4. The molecule has 2 heterocycles. The van der Waals surface area contributed by atoms with E-state index in [0.717, 1.165) is 34.2 Å². The van der Waals surface area contributed by atoms with Crippen molar-refractivity contribution in [3.8, 4) is 34.4 Å². The van der Waals surface area contributed by atoms with Gasteiger partial charge in [0.15, 0.2) is 11.5 Å². The summed E-state index contributed by atoms with van der Waals surface area (Å²) in [6.45, 7) is 0. The van der Waals surface area contributed by atoms with E-state index in [-0.39, 0.29) is 5.91 Å². The summed E-state index contributed by atoms with van der Waals surface area (Å²) in [4.78, 5) is 13.4. The van der Waals surface area contributed by atoms with E-state index in [1.54, 1.807) is 28.6 Å². The Hall–Kier alpha value is -4.11. The molecule has 1 N–H and O–H groups in total. The first-order valence-electron chi connectivity index (χ1n) is 11.2. The third-order valence-electron chi connectivity index (χ3n) is 5.77. The number of nitrogens with one attached hydrogen (secondary N) is 1. The molecule has 184 valence electrons. The van der Waals surface area contributed by atoms with Crippen LogP contribution in [0.1, 0.15) is 21.6 Å². The smallest absolute Gasteiger partial charge is 0.257 e. The second kappa shape index (κ2) is 10.2. The van der Waals surface area contributed by atoms with Crippen molar-refractivity contribution >= 4 is 23.5 Å². The lowest BCUT2D eigenvalue weighted by Crippen LogP contribution is -2.16. The van der Waals surface area contributed by atoms with E-state index < -0.39 is 0 Å². The second-order valence-corrected chi connectivity index (χ2v) is 8.94. The molecular weight excluding hydrogens is 478 g/mol. The highest BCUT2D eigenvalue weighted by Gasteiger charge is 2.26. The maximum Gasteiger partial charge on any atom is 0.257 e. The van der Waals surface area contributed by atoms with Gasteiger partial charge in [0.05, 0.1) is 32.7 Å². The van der Waals surface area contributed by atoms with E-state index in [1.165, 1.54) is 21.3 Å². The fourth-order valence-electron chi connectivity index (χ4n) is 4.00. The number of rotatable bonds is 8. The molecule has 9 heteroatoms. The Labute approximate surface area is 213 Å². The molecule has 0 fully saturated rings. The molecule has 0 aliphatic carbocycles. The Balaban J connectivity index is 1.45. The standard InChI is InChI=1S/C27H25N3O5S/c1-32-23-13-17(14-24(33-2)25(23)34-3)27(31)28-26-21-15-36-16-22(21)29-30(26)18-9-11-20(12-10-18)35-19-7-5-4-6-8-19/h4-14H,15-16H2,1-3H3,(H,28,31). The lowest BCUT2D eigenvalue weighted by atomic mass is 10.1. The summed E-state index contributed by atoms with van der Waals surface area (Å²) in [6, 6.07) is 20.5. The number of carbonyl (C=O) groups excluding carboxylic acids is 1. The minimum absolute atomic E-state index is 0.306. The van der Waals surface area contributed by atoms with Gasteiger partial charge in [-0.2, -0.15) is 16.9 Å².